The molecule has 0 fully saturated rings. The van der Waals surface area contributed by atoms with Gasteiger partial charge in [0.25, 0.3) is 0 Å². The summed E-state index contributed by atoms with van der Waals surface area (Å²) in [5, 5.41) is 0. The lowest BCUT2D eigenvalue weighted by molar-refractivity contribution is 0.0184. The lowest BCUT2D eigenvalue weighted by Crippen LogP contribution is -2.42. The molecule has 1 atom stereocenters. The monoisotopic (exact) mass is 371 g/mol. The molecule has 0 aliphatic carbocycles. The molecule has 0 N–H and O–H groups in total. The molecule has 142 valence electrons. The quantitative estimate of drug-likeness (QED) is 0.599. The molecule has 0 radical (unpaired) electrons. The van der Waals surface area contributed by atoms with Crippen molar-refractivity contribution in [3.63, 3.8) is 0 Å². The molecular formula is C18H30NO5P. The minimum Gasteiger partial charge on any atom is -0.444 e. The zero-order valence-corrected chi connectivity index (χ0v) is 16.9. The van der Waals surface area contributed by atoms with Crippen LogP contribution in [0.3, 0.4) is 0 Å². The van der Waals surface area contributed by atoms with E-state index in [2.05, 4.69) is 0 Å². The maximum absolute atomic E-state index is 13.1. The van der Waals surface area contributed by atoms with Crippen LogP contribution < -0.4 is 0 Å². The van der Waals surface area contributed by atoms with Crippen LogP contribution in [0, 0.1) is 0 Å². The molecule has 1 rings (SSSR count). The fourth-order valence-corrected chi connectivity index (χ4v) is 3.98. The van der Waals surface area contributed by atoms with E-state index in [9.17, 15) is 9.36 Å². The van der Waals surface area contributed by atoms with Gasteiger partial charge in [-0.05, 0) is 47.1 Å². The van der Waals surface area contributed by atoms with Gasteiger partial charge in [-0.25, -0.2) is 4.79 Å². The van der Waals surface area contributed by atoms with Crippen LogP contribution in [-0.2, 0) is 24.9 Å². The number of benzene rings is 1. The number of hydrogen-bond acceptors (Lipinski definition) is 5. The second-order valence-electron chi connectivity index (χ2n) is 6.60. The Labute approximate surface area is 151 Å². The van der Waals surface area contributed by atoms with E-state index < -0.39 is 25.1 Å². The first-order valence-corrected chi connectivity index (χ1v) is 10.2. The topological polar surface area (TPSA) is 65.1 Å². The van der Waals surface area contributed by atoms with E-state index in [1.807, 2.05) is 30.3 Å². The van der Waals surface area contributed by atoms with E-state index in [0.717, 1.165) is 5.56 Å². The Hall–Kier alpha value is -1.36. The van der Waals surface area contributed by atoms with Gasteiger partial charge >= 0.3 is 13.7 Å². The fourth-order valence-electron chi connectivity index (χ4n) is 2.23. The molecule has 25 heavy (non-hydrogen) atoms. The van der Waals surface area contributed by atoms with Crippen molar-refractivity contribution >= 4 is 13.7 Å². The van der Waals surface area contributed by atoms with Gasteiger partial charge in [-0.2, -0.15) is 0 Å². The van der Waals surface area contributed by atoms with Crippen LogP contribution in [0.4, 0.5) is 4.79 Å². The third kappa shape index (κ3) is 6.81. The number of ether oxygens (including phenoxy) is 1. The van der Waals surface area contributed by atoms with Crippen LogP contribution in [0.2, 0.25) is 0 Å². The summed E-state index contributed by atoms with van der Waals surface area (Å²) in [5.74, 6) is -0.776. The van der Waals surface area contributed by atoms with Gasteiger partial charge in [0.05, 0.1) is 13.2 Å². The van der Waals surface area contributed by atoms with Crippen molar-refractivity contribution in [1.82, 2.24) is 4.90 Å². The molecule has 0 aliphatic rings. The molecule has 1 unspecified atom stereocenters. The van der Waals surface area contributed by atoms with Gasteiger partial charge in [-0.1, -0.05) is 30.3 Å². The highest BCUT2D eigenvalue weighted by atomic mass is 31.2. The van der Waals surface area contributed by atoms with Crippen LogP contribution in [0.1, 0.15) is 47.1 Å². The Balaban J connectivity index is 3.14. The number of carbonyl (C=O) groups is 1. The average molecular weight is 371 g/mol. The summed E-state index contributed by atoms with van der Waals surface area (Å²) in [5.41, 5.74) is 0.243. The Morgan fingerprint density at radius 3 is 2.08 bits per heavy atom. The Morgan fingerprint density at radius 2 is 1.64 bits per heavy atom. The van der Waals surface area contributed by atoms with E-state index in [4.69, 9.17) is 13.8 Å². The molecule has 6 nitrogen and oxygen atoms in total. The van der Waals surface area contributed by atoms with Crippen molar-refractivity contribution < 1.29 is 23.1 Å². The van der Waals surface area contributed by atoms with Crippen molar-refractivity contribution in [2.24, 2.45) is 0 Å². The van der Waals surface area contributed by atoms with Gasteiger partial charge in [0, 0.05) is 6.54 Å². The maximum Gasteiger partial charge on any atom is 0.411 e. The molecule has 7 heteroatoms. The van der Waals surface area contributed by atoms with Crippen molar-refractivity contribution in [3.8, 4) is 0 Å². The third-order valence-corrected chi connectivity index (χ3v) is 5.78. The average Bonchev–Trinajstić information content (AvgIpc) is 2.51. The van der Waals surface area contributed by atoms with Gasteiger partial charge in [0.1, 0.15) is 11.4 Å². The van der Waals surface area contributed by atoms with Gasteiger partial charge < -0.3 is 13.8 Å². The van der Waals surface area contributed by atoms with Crippen molar-refractivity contribution in [3.05, 3.63) is 35.9 Å². The number of rotatable bonds is 8. The van der Waals surface area contributed by atoms with Crippen LogP contribution >= 0.6 is 7.60 Å². The van der Waals surface area contributed by atoms with Gasteiger partial charge in [0.2, 0.25) is 0 Å². The molecule has 0 saturated heterocycles. The van der Waals surface area contributed by atoms with E-state index >= 15 is 0 Å². The number of nitrogens with zero attached hydrogens (tertiary/aromatic N) is 1. The first kappa shape index (κ1) is 21.7. The molecule has 1 aromatic rings. The zero-order chi connectivity index (χ0) is 19.1. The molecule has 0 spiro atoms. The molecule has 0 saturated carbocycles. The molecule has 1 aromatic carbocycles. The third-order valence-electron chi connectivity index (χ3n) is 3.35. The molecule has 0 aliphatic heterocycles. The second-order valence-corrected chi connectivity index (χ2v) is 8.94. The summed E-state index contributed by atoms with van der Waals surface area (Å²) in [7, 11) is -3.50. The fraction of sp³-hybridized carbons (Fsp3) is 0.611. The minimum absolute atomic E-state index is 0.231. The Morgan fingerprint density at radius 1 is 1.12 bits per heavy atom. The Kier molecular flexibility index (Phi) is 8.13. The van der Waals surface area contributed by atoms with Crippen LogP contribution in [-0.4, -0.2) is 35.6 Å². The van der Waals surface area contributed by atoms with E-state index in [1.165, 1.54) is 4.90 Å². The first-order valence-electron chi connectivity index (χ1n) is 8.55. The van der Waals surface area contributed by atoms with E-state index in [1.54, 1.807) is 41.5 Å². The van der Waals surface area contributed by atoms with Crippen molar-refractivity contribution in [1.29, 1.82) is 0 Å². The molecule has 0 heterocycles. The minimum atomic E-state index is -3.50. The standard InChI is InChI=1S/C18H30NO5P/c1-7-22-25(21,23-8-2)15(3)19(17(20)24-18(4,5)6)14-16-12-10-9-11-13-16/h9-13,15H,7-8,14H2,1-6H3. The summed E-state index contributed by atoms with van der Waals surface area (Å²) in [6, 6.07) is 9.47. The summed E-state index contributed by atoms with van der Waals surface area (Å²) in [6.45, 7) is 11.2. The van der Waals surface area contributed by atoms with Crippen molar-refractivity contribution in [2.75, 3.05) is 13.2 Å². The van der Waals surface area contributed by atoms with Gasteiger partial charge in [-0.15, -0.1) is 0 Å². The SMILES string of the molecule is CCOP(=O)(OCC)C(C)N(Cc1ccccc1)C(=O)OC(C)(C)C. The second kappa shape index (κ2) is 9.37. The summed E-state index contributed by atoms with van der Waals surface area (Å²) < 4.78 is 29.4. The van der Waals surface area contributed by atoms with E-state index in [-0.39, 0.29) is 19.8 Å². The number of hydrogen-bond donors (Lipinski definition) is 0. The van der Waals surface area contributed by atoms with Crippen LogP contribution in [0.5, 0.6) is 0 Å². The van der Waals surface area contributed by atoms with Gasteiger partial charge in [0.15, 0.2) is 0 Å². The molecule has 1 amide bonds. The lowest BCUT2D eigenvalue weighted by Gasteiger charge is -2.34. The summed E-state index contributed by atoms with van der Waals surface area (Å²) in [4.78, 5) is 14.1. The Bertz CT molecular complexity index is 575. The number of carbonyl (C=O) groups excluding carboxylic acids is 1. The highest BCUT2D eigenvalue weighted by molar-refractivity contribution is 7.54. The predicted molar refractivity (Wildman–Crippen MR) is 98.5 cm³/mol. The normalized spacial score (nSPS) is 13.4. The summed E-state index contributed by atoms with van der Waals surface area (Å²) >= 11 is 0. The molecule has 0 aromatic heterocycles. The summed E-state index contributed by atoms with van der Waals surface area (Å²) in [6.07, 6.45) is -0.552. The largest absolute Gasteiger partial charge is 0.444 e. The van der Waals surface area contributed by atoms with Crippen LogP contribution in [0.15, 0.2) is 30.3 Å². The molecular weight excluding hydrogens is 341 g/mol. The highest BCUT2D eigenvalue weighted by Crippen LogP contribution is 2.54. The highest BCUT2D eigenvalue weighted by Gasteiger charge is 2.40. The van der Waals surface area contributed by atoms with Crippen LogP contribution in [0.25, 0.3) is 0 Å². The van der Waals surface area contributed by atoms with Crippen molar-refractivity contribution in [2.45, 2.75) is 59.5 Å². The number of amides is 1. The maximum atomic E-state index is 13.1. The lowest BCUT2D eigenvalue weighted by atomic mass is 10.2. The predicted octanol–water partition coefficient (Wildman–Crippen LogP) is 5.04. The molecule has 0 bridgehead atoms. The van der Waals surface area contributed by atoms with E-state index in [0.29, 0.717) is 0 Å². The smallest absolute Gasteiger partial charge is 0.411 e. The first-order chi connectivity index (χ1) is 11.6. The van der Waals surface area contributed by atoms with Gasteiger partial charge in [-0.3, -0.25) is 9.46 Å². The zero-order valence-electron chi connectivity index (χ0n) is 16.0.